The summed E-state index contributed by atoms with van der Waals surface area (Å²) in [5.41, 5.74) is 2.12. The van der Waals surface area contributed by atoms with Gasteiger partial charge in [0.1, 0.15) is 5.69 Å². The lowest BCUT2D eigenvalue weighted by molar-refractivity contribution is 0.0239. The highest BCUT2D eigenvalue weighted by Gasteiger charge is 2.35. The molecule has 0 aliphatic heterocycles. The predicted octanol–water partition coefficient (Wildman–Crippen LogP) is 1.69. The van der Waals surface area contributed by atoms with Crippen LogP contribution in [0.3, 0.4) is 0 Å². The summed E-state index contributed by atoms with van der Waals surface area (Å²) < 4.78 is 0. The number of nitrogens with zero attached hydrogens (tertiary/aromatic N) is 1. The molecule has 0 spiro atoms. The fourth-order valence-corrected chi connectivity index (χ4v) is 3.10. The number of amides is 1. The van der Waals surface area contributed by atoms with Crippen LogP contribution in [0.5, 0.6) is 0 Å². The lowest BCUT2D eigenvalue weighted by atomic mass is 9.75. The van der Waals surface area contributed by atoms with E-state index in [-0.39, 0.29) is 30.6 Å². The van der Waals surface area contributed by atoms with Crippen molar-refractivity contribution in [1.29, 1.82) is 0 Å². The molecule has 1 saturated carbocycles. The Bertz CT molecular complexity index is 684. The highest BCUT2D eigenvalue weighted by Crippen LogP contribution is 2.31. The molecule has 3 N–H and O–H groups in total. The molecule has 24 heavy (non-hydrogen) atoms. The number of aliphatic hydroxyl groups excluding tert-OH is 2. The van der Waals surface area contributed by atoms with E-state index in [4.69, 9.17) is 0 Å². The monoisotopic (exact) mass is 326 g/mol. The number of hydrogen-bond donors (Lipinski definition) is 3. The summed E-state index contributed by atoms with van der Waals surface area (Å²) in [5, 5.41) is 21.9. The van der Waals surface area contributed by atoms with E-state index in [1.54, 1.807) is 12.1 Å². The molecule has 2 aromatic rings. The second-order valence-electron chi connectivity index (χ2n) is 6.36. The lowest BCUT2D eigenvalue weighted by Crippen LogP contribution is -2.48. The normalized spacial score (nSPS) is 20.9. The van der Waals surface area contributed by atoms with E-state index >= 15 is 0 Å². The van der Waals surface area contributed by atoms with Crippen molar-refractivity contribution in [2.24, 2.45) is 5.92 Å². The molecule has 1 aliphatic rings. The van der Waals surface area contributed by atoms with Gasteiger partial charge in [0.2, 0.25) is 0 Å². The molecule has 1 aromatic carbocycles. The largest absolute Gasteiger partial charge is 0.393 e. The van der Waals surface area contributed by atoms with Crippen molar-refractivity contribution in [2.75, 3.05) is 0 Å². The third-order valence-electron chi connectivity index (χ3n) is 4.57. The van der Waals surface area contributed by atoms with Crippen LogP contribution in [-0.2, 0) is 13.0 Å². The average Bonchev–Trinajstić information content (AvgIpc) is 2.59. The van der Waals surface area contributed by atoms with Crippen LogP contribution >= 0.6 is 0 Å². The van der Waals surface area contributed by atoms with Gasteiger partial charge >= 0.3 is 0 Å². The van der Waals surface area contributed by atoms with Crippen LogP contribution in [0.1, 0.15) is 34.5 Å². The van der Waals surface area contributed by atoms with Gasteiger partial charge < -0.3 is 15.5 Å². The van der Waals surface area contributed by atoms with Crippen LogP contribution in [0, 0.1) is 5.92 Å². The lowest BCUT2D eigenvalue weighted by Gasteiger charge is -2.38. The molecule has 1 heterocycles. The second-order valence-corrected chi connectivity index (χ2v) is 6.36. The van der Waals surface area contributed by atoms with E-state index in [9.17, 15) is 15.0 Å². The number of aromatic nitrogens is 1. The molecule has 0 saturated heterocycles. The van der Waals surface area contributed by atoms with Crippen LogP contribution < -0.4 is 5.32 Å². The van der Waals surface area contributed by atoms with Crippen molar-refractivity contribution < 1.29 is 15.0 Å². The number of aliphatic hydroxyl groups is 2. The minimum atomic E-state index is -0.263. The quantitative estimate of drug-likeness (QED) is 0.754. The molecule has 5 nitrogen and oxygen atoms in total. The van der Waals surface area contributed by atoms with E-state index in [1.807, 2.05) is 30.3 Å². The van der Waals surface area contributed by atoms with E-state index in [0.29, 0.717) is 24.1 Å². The Kier molecular flexibility index (Phi) is 5.23. The predicted molar refractivity (Wildman–Crippen MR) is 90.3 cm³/mol. The van der Waals surface area contributed by atoms with E-state index in [1.165, 1.54) is 6.20 Å². The van der Waals surface area contributed by atoms with Crippen LogP contribution in [0.15, 0.2) is 48.7 Å². The zero-order valence-corrected chi connectivity index (χ0v) is 13.4. The van der Waals surface area contributed by atoms with Crippen molar-refractivity contribution in [2.45, 2.75) is 38.0 Å². The molecule has 0 radical (unpaired) electrons. The van der Waals surface area contributed by atoms with Crippen molar-refractivity contribution in [3.63, 3.8) is 0 Å². The molecule has 1 fully saturated rings. The Morgan fingerprint density at radius 2 is 1.96 bits per heavy atom. The Labute approximate surface area is 141 Å². The van der Waals surface area contributed by atoms with Crippen molar-refractivity contribution in [1.82, 2.24) is 10.3 Å². The second kappa shape index (κ2) is 7.55. The van der Waals surface area contributed by atoms with Gasteiger partial charge in [-0.05, 0) is 48.4 Å². The number of carbonyl (C=O) groups is 1. The summed E-state index contributed by atoms with van der Waals surface area (Å²) in [5.74, 6) is 0.0257. The van der Waals surface area contributed by atoms with Gasteiger partial charge in [-0.15, -0.1) is 0 Å². The maximum absolute atomic E-state index is 12.5. The Morgan fingerprint density at radius 3 is 2.62 bits per heavy atom. The summed E-state index contributed by atoms with van der Waals surface area (Å²) in [6.45, 7) is -0.120. The molecule has 0 unspecified atom stereocenters. The number of pyridine rings is 1. The summed E-state index contributed by atoms with van der Waals surface area (Å²) in [6.07, 6.45) is 3.41. The number of carbonyl (C=O) groups excluding carboxylic acids is 1. The fraction of sp³-hybridized carbons (Fsp3) is 0.368. The molecular formula is C19H22N2O3. The third-order valence-corrected chi connectivity index (χ3v) is 4.57. The topological polar surface area (TPSA) is 82.5 Å². The molecule has 1 atom stereocenters. The van der Waals surface area contributed by atoms with Crippen molar-refractivity contribution in [3.05, 3.63) is 65.5 Å². The summed E-state index contributed by atoms with van der Waals surface area (Å²) >= 11 is 0. The van der Waals surface area contributed by atoms with Crippen LogP contribution in [0.4, 0.5) is 0 Å². The molecule has 126 valence electrons. The first-order chi connectivity index (χ1) is 11.7. The highest BCUT2D eigenvalue weighted by molar-refractivity contribution is 5.92. The summed E-state index contributed by atoms with van der Waals surface area (Å²) in [4.78, 5) is 16.6. The first-order valence-electron chi connectivity index (χ1n) is 8.24. The maximum atomic E-state index is 12.5. The van der Waals surface area contributed by atoms with Crippen molar-refractivity contribution >= 4 is 5.91 Å². The number of hydrogen-bond acceptors (Lipinski definition) is 4. The van der Waals surface area contributed by atoms with Crippen LogP contribution in [0.25, 0.3) is 0 Å². The van der Waals surface area contributed by atoms with Gasteiger partial charge in [0.15, 0.2) is 0 Å². The molecule has 3 rings (SSSR count). The third kappa shape index (κ3) is 3.99. The van der Waals surface area contributed by atoms with Gasteiger partial charge in [0, 0.05) is 12.2 Å². The Morgan fingerprint density at radius 1 is 1.21 bits per heavy atom. The zero-order valence-electron chi connectivity index (χ0n) is 13.4. The Hall–Kier alpha value is -2.24. The standard InChI is InChI=1S/C19H22N2O3/c22-12-14-6-7-20-18(9-14)19(24)21-17(15-10-16(23)11-15)8-13-4-2-1-3-5-13/h1-7,9,15-17,22-23H,8,10-12H2,(H,21,24)/t15?,16?,17-/m1/s1. The molecular weight excluding hydrogens is 304 g/mol. The molecule has 1 aromatic heterocycles. The molecule has 1 amide bonds. The molecule has 5 heteroatoms. The van der Waals surface area contributed by atoms with Gasteiger partial charge in [-0.3, -0.25) is 9.78 Å². The summed E-state index contributed by atoms with van der Waals surface area (Å²) in [6, 6.07) is 13.3. The number of nitrogens with one attached hydrogen (secondary N) is 1. The molecule has 0 bridgehead atoms. The van der Waals surface area contributed by atoms with Gasteiger partial charge in [0.05, 0.1) is 12.7 Å². The Balaban J connectivity index is 1.72. The van der Waals surface area contributed by atoms with E-state index in [2.05, 4.69) is 10.3 Å². The van der Waals surface area contributed by atoms with Gasteiger partial charge in [0.25, 0.3) is 5.91 Å². The highest BCUT2D eigenvalue weighted by atomic mass is 16.3. The molecule has 1 aliphatic carbocycles. The van der Waals surface area contributed by atoms with Gasteiger partial charge in [-0.2, -0.15) is 0 Å². The maximum Gasteiger partial charge on any atom is 0.270 e. The van der Waals surface area contributed by atoms with Gasteiger partial charge in [-0.25, -0.2) is 0 Å². The fourth-order valence-electron chi connectivity index (χ4n) is 3.10. The first-order valence-corrected chi connectivity index (χ1v) is 8.24. The van der Waals surface area contributed by atoms with Crippen LogP contribution in [0.2, 0.25) is 0 Å². The minimum Gasteiger partial charge on any atom is -0.393 e. The van der Waals surface area contributed by atoms with Crippen molar-refractivity contribution in [3.8, 4) is 0 Å². The van der Waals surface area contributed by atoms with E-state index in [0.717, 1.165) is 12.0 Å². The SMILES string of the molecule is O=C(N[C@H](Cc1ccccc1)C1CC(O)C1)c1cc(CO)ccn1. The zero-order chi connectivity index (χ0) is 16.9. The first kappa shape index (κ1) is 16.6. The smallest absolute Gasteiger partial charge is 0.270 e. The van der Waals surface area contributed by atoms with Gasteiger partial charge in [-0.1, -0.05) is 30.3 Å². The van der Waals surface area contributed by atoms with E-state index < -0.39 is 0 Å². The minimum absolute atomic E-state index is 0.0390. The number of benzene rings is 1. The van der Waals surface area contributed by atoms with Crippen LogP contribution in [-0.4, -0.2) is 33.3 Å². The number of rotatable bonds is 6. The average molecular weight is 326 g/mol. The summed E-state index contributed by atoms with van der Waals surface area (Å²) in [7, 11) is 0.